The predicted molar refractivity (Wildman–Crippen MR) is 75.9 cm³/mol. The molecular formula is C15H25NO5. The molecule has 6 heteroatoms. The maximum absolute atomic E-state index is 12.2. The van der Waals surface area contributed by atoms with E-state index in [0.717, 1.165) is 19.3 Å². The number of likely N-dealkylation sites (tertiary alicyclic amines) is 1. The zero-order valence-electron chi connectivity index (χ0n) is 12.8. The minimum absolute atomic E-state index is 0.0254. The van der Waals surface area contributed by atoms with E-state index in [0.29, 0.717) is 25.5 Å². The molecule has 120 valence electrons. The van der Waals surface area contributed by atoms with Gasteiger partial charge in [-0.1, -0.05) is 0 Å². The fourth-order valence-corrected chi connectivity index (χ4v) is 3.26. The molecule has 0 saturated carbocycles. The zero-order chi connectivity index (χ0) is 15.5. The summed E-state index contributed by atoms with van der Waals surface area (Å²) in [7, 11) is 1.49. The van der Waals surface area contributed by atoms with Crippen LogP contribution in [-0.4, -0.2) is 60.9 Å². The van der Waals surface area contributed by atoms with Gasteiger partial charge in [-0.15, -0.1) is 0 Å². The smallest absolute Gasteiger partial charge is 0.313 e. The highest BCUT2D eigenvalue weighted by Crippen LogP contribution is 2.32. The van der Waals surface area contributed by atoms with Crippen molar-refractivity contribution >= 4 is 11.9 Å². The van der Waals surface area contributed by atoms with E-state index >= 15 is 0 Å². The highest BCUT2D eigenvalue weighted by molar-refractivity contribution is 5.80. The molecule has 0 aliphatic carbocycles. The molecule has 2 fully saturated rings. The van der Waals surface area contributed by atoms with Crippen LogP contribution in [0.1, 0.15) is 39.0 Å². The number of carboxylic acid groups (broad SMARTS) is 1. The molecule has 2 aliphatic rings. The van der Waals surface area contributed by atoms with Crippen LogP contribution < -0.4 is 0 Å². The minimum atomic E-state index is -0.942. The molecule has 6 nitrogen and oxygen atoms in total. The van der Waals surface area contributed by atoms with Gasteiger partial charge in [-0.3, -0.25) is 9.59 Å². The first-order valence-corrected chi connectivity index (χ1v) is 7.62. The quantitative estimate of drug-likeness (QED) is 0.799. The van der Waals surface area contributed by atoms with Crippen LogP contribution in [0.25, 0.3) is 0 Å². The summed E-state index contributed by atoms with van der Waals surface area (Å²) >= 11 is 0. The first-order valence-electron chi connectivity index (χ1n) is 7.62. The molecular weight excluding hydrogens is 274 g/mol. The Balaban J connectivity index is 1.82. The molecule has 0 aromatic heterocycles. The number of carbonyl (C=O) groups is 2. The van der Waals surface area contributed by atoms with Gasteiger partial charge in [-0.05, 0) is 32.6 Å². The largest absolute Gasteiger partial charge is 0.481 e. The summed E-state index contributed by atoms with van der Waals surface area (Å²) in [6.07, 6.45) is 4.15. The van der Waals surface area contributed by atoms with E-state index in [1.807, 2.05) is 6.92 Å². The number of aliphatic carboxylic acids is 1. The van der Waals surface area contributed by atoms with E-state index in [4.69, 9.17) is 9.47 Å². The van der Waals surface area contributed by atoms with Gasteiger partial charge in [0.05, 0.1) is 18.8 Å². The number of carbonyl (C=O) groups excluding carboxylic acids is 1. The number of amides is 1. The highest BCUT2D eigenvalue weighted by atomic mass is 16.5. The number of methoxy groups -OCH3 is 1. The van der Waals surface area contributed by atoms with Crippen molar-refractivity contribution in [3.63, 3.8) is 0 Å². The number of hydrogen-bond donors (Lipinski definition) is 1. The van der Waals surface area contributed by atoms with E-state index in [2.05, 4.69) is 0 Å². The van der Waals surface area contributed by atoms with Crippen LogP contribution in [0.4, 0.5) is 0 Å². The Morgan fingerprint density at radius 2 is 2.19 bits per heavy atom. The molecule has 3 atom stereocenters. The molecule has 0 unspecified atom stereocenters. The topological polar surface area (TPSA) is 76.1 Å². The average molecular weight is 299 g/mol. The molecule has 21 heavy (non-hydrogen) atoms. The second-order valence-corrected chi connectivity index (χ2v) is 6.27. The average Bonchev–Trinajstić information content (AvgIpc) is 3.04. The summed E-state index contributed by atoms with van der Waals surface area (Å²) in [6.45, 7) is 2.94. The van der Waals surface area contributed by atoms with Crippen molar-refractivity contribution in [3.8, 4) is 0 Å². The fourth-order valence-electron chi connectivity index (χ4n) is 3.26. The van der Waals surface area contributed by atoms with Crippen molar-refractivity contribution in [1.82, 2.24) is 4.90 Å². The van der Waals surface area contributed by atoms with Crippen LogP contribution in [-0.2, 0) is 19.1 Å². The van der Waals surface area contributed by atoms with Gasteiger partial charge < -0.3 is 19.5 Å². The van der Waals surface area contributed by atoms with Crippen molar-refractivity contribution in [3.05, 3.63) is 0 Å². The Hall–Kier alpha value is -1.14. The molecule has 1 amide bonds. The van der Waals surface area contributed by atoms with Crippen LogP contribution in [0.5, 0.6) is 0 Å². The minimum Gasteiger partial charge on any atom is -0.481 e. The van der Waals surface area contributed by atoms with Crippen LogP contribution in [0.3, 0.4) is 0 Å². The summed E-state index contributed by atoms with van der Waals surface area (Å²) in [5.74, 6) is -0.856. The standard InChI is InChI=1S/C15H25NO5/c1-11-3-4-12(21-11)5-6-13(17)16-8-7-15(9-16,10-20-2)14(18)19/h11-12H,3-10H2,1-2H3,(H,18,19)/t11-,12-,15-/m0/s1. The van der Waals surface area contributed by atoms with Gasteiger partial charge in [-0.25, -0.2) is 0 Å². The third-order valence-corrected chi connectivity index (χ3v) is 4.58. The molecule has 2 heterocycles. The van der Waals surface area contributed by atoms with Gasteiger partial charge in [0.25, 0.3) is 0 Å². The lowest BCUT2D eigenvalue weighted by molar-refractivity contribution is -0.151. The molecule has 1 N–H and O–H groups in total. The molecule has 0 aromatic carbocycles. The molecule has 0 radical (unpaired) electrons. The Kier molecular flexibility index (Phi) is 5.22. The second-order valence-electron chi connectivity index (χ2n) is 6.27. The van der Waals surface area contributed by atoms with Crippen molar-refractivity contribution in [2.45, 2.75) is 51.2 Å². The number of carboxylic acids is 1. The molecule has 2 rings (SSSR count). The molecule has 2 saturated heterocycles. The van der Waals surface area contributed by atoms with E-state index < -0.39 is 11.4 Å². The van der Waals surface area contributed by atoms with E-state index in [1.54, 1.807) is 4.90 Å². The summed E-state index contributed by atoms with van der Waals surface area (Å²) in [6, 6.07) is 0. The lowest BCUT2D eigenvalue weighted by Crippen LogP contribution is -2.40. The fraction of sp³-hybridized carbons (Fsp3) is 0.867. The molecule has 2 aliphatic heterocycles. The zero-order valence-corrected chi connectivity index (χ0v) is 12.8. The molecule has 0 bridgehead atoms. The predicted octanol–water partition coefficient (Wildman–Crippen LogP) is 1.28. The van der Waals surface area contributed by atoms with E-state index in [1.165, 1.54) is 7.11 Å². The van der Waals surface area contributed by atoms with Gasteiger partial charge in [0, 0.05) is 26.6 Å². The highest BCUT2D eigenvalue weighted by Gasteiger charge is 2.46. The van der Waals surface area contributed by atoms with Crippen molar-refractivity contribution in [2.24, 2.45) is 5.41 Å². The van der Waals surface area contributed by atoms with Crippen molar-refractivity contribution in [1.29, 1.82) is 0 Å². The number of nitrogens with zero attached hydrogens (tertiary/aromatic N) is 1. The van der Waals surface area contributed by atoms with Crippen LogP contribution in [0.15, 0.2) is 0 Å². The lowest BCUT2D eigenvalue weighted by atomic mass is 9.88. The number of ether oxygens (including phenoxy) is 2. The third kappa shape index (κ3) is 3.74. The Bertz CT molecular complexity index is 400. The van der Waals surface area contributed by atoms with Crippen molar-refractivity contribution in [2.75, 3.05) is 26.8 Å². The van der Waals surface area contributed by atoms with E-state index in [9.17, 15) is 14.7 Å². The van der Waals surface area contributed by atoms with Crippen molar-refractivity contribution < 1.29 is 24.2 Å². The number of hydrogen-bond acceptors (Lipinski definition) is 4. The lowest BCUT2D eigenvalue weighted by Gasteiger charge is -2.24. The summed E-state index contributed by atoms with van der Waals surface area (Å²) in [5.41, 5.74) is -0.942. The maximum atomic E-state index is 12.2. The first kappa shape index (κ1) is 16.2. The Labute approximate surface area is 125 Å². The van der Waals surface area contributed by atoms with E-state index in [-0.39, 0.29) is 25.2 Å². The first-order chi connectivity index (χ1) is 9.97. The maximum Gasteiger partial charge on any atom is 0.313 e. The normalized spacial score (nSPS) is 32.6. The second kappa shape index (κ2) is 6.75. The van der Waals surface area contributed by atoms with Crippen LogP contribution >= 0.6 is 0 Å². The summed E-state index contributed by atoms with van der Waals surface area (Å²) in [5, 5.41) is 9.39. The van der Waals surface area contributed by atoms with Gasteiger partial charge in [0.15, 0.2) is 0 Å². The van der Waals surface area contributed by atoms with Crippen LogP contribution in [0, 0.1) is 5.41 Å². The third-order valence-electron chi connectivity index (χ3n) is 4.58. The van der Waals surface area contributed by atoms with Gasteiger partial charge in [-0.2, -0.15) is 0 Å². The SMILES string of the molecule is COC[C@]1(C(=O)O)CCN(C(=O)CC[C@@H]2CC[C@H](C)O2)C1. The van der Waals surface area contributed by atoms with Gasteiger partial charge >= 0.3 is 5.97 Å². The monoisotopic (exact) mass is 299 g/mol. The Morgan fingerprint density at radius 3 is 2.76 bits per heavy atom. The summed E-state index contributed by atoms with van der Waals surface area (Å²) < 4.78 is 10.7. The Morgan fingerprint density at radius 1 is 1.43 bits per heavy atom. The summed E-state index contributed by atoms with van der Waals surface area (Å²) in [4.78, 5) is 25.3. The van der Waals surface area contributed by atoms with Crippen LogP contribution in [0.2, 0.25) is 0 Å². The number of rotatable bonds is 6. The van der Waals surface area contributed by atoms with Gasteiger partial charge in [0.1, 0.15) is 5.41 Å². The van der Waals surface area contributed by atoms with Gasteiger partial charge in [0.2, 0.25) is 5.91 Å². The molecule has 0 spiro atoms. The molecule has 0 aromatic rings.